The predicted molar refractivity (Wildman–Crippen MR) is 103 cm³/mol. The predicted octanol–water partition coefficient (Wildman–Crippen LogP) is 4.02. The molecule has 8 heteroatoms. The molecule has 24 heavy (non-hydrogen) atoms. The molecule has 6 nitrogen and oxygen atoms in total. The summed E-state index contributed by atoms with van der Waals surface area (Å²) in [6, 6.07) is 9.53. The van der Waals surface area contributed by atoms with Crippen LogP contribution in [0.1, 0.15) is 10.6 Å². The van der Waals surface area contributed by atoms with E-state index in [1.807, 2.05) is 44.9 Å². The highest BCUT2D eigenvalue weighted by Crippen LogP contribution is 2.30. The zero-order valence-corrected chi connectivity index (χ0v) is 15.5. The van der Waals surface area contributed by atoms with Crippen molar-refractivity contribution in [2.75, 3.05) is 7.11 Å². The summed E-state index contributed by atoms with van der Waals surface area (Å²) in [4.78, 5) is 20.6. The molecule has 120 valence electrons. The summed E-state index contributed by atoms with van der Waals surface area (Å²) in [5.41, 5.74) is 4.08. The Morgan fingerprint density at radius 1 is 1.21 bits per heavy atom. The summed E-state index contributed by atoms with van der Waals surface area (Å²) >= 11 is 2.19. The Bertz CT molecular complexity index is 1060. The summed E-state index contributed by atoms with van der Waals surface area (Å²) < 4.78 is 8.98. The van der Waals surface area contributed by atoms with Crippen molar-refractivity contribution in [3.63, 3.8) is 0 Å². The van der Waals surface area contributed by atoms with Crippen LogP contribution >= 0.6 is 30.3 Å². The molecule has 0 saturated heterocycles. The van der Waals surface area contributed by atoms with Gasteiger partial charge in [-0.2, -0.15) is 0 Å². The van der Waals surface area contributed by atoms with Gasteiger partial charge in [-0.15, -0.1) is 0 Å². The van der Waals surface area contributed by atoms with Crippen LogP contribution in [-0.4, -0.2) is 31.7 Å². The number of hydrogen-bond acceptors (Lipinski definition) is 5. The number of halogens is 1. The maximum absolute atomic E-state index is 11.5. The minimum absolute atomic E-state index is 0.361. The molecule has 0 fully saturated rings. The van der Waals surface area contributed by atoms with Crippen LogP contribution in [0.5, 0.6) is 5.75 Å². The standard InChI is InChI=1S/C16H11IN4O2S/c1-23-11-4-2-10(3-5-11)15-13-8-18-16-12(6-7-20(16)24-17)21(13)14(9-22)19-15/h2-9H,1H3. The smallest absolute Gasteiger partial charge is 0.185 e. The van der Waals surface area contributed by atoms with E-state index in [-0.39, 0.29) is 0 Å². The first kappa shape index (κ1) is 15.5. The van der Waals surface area contributed by atoms with E-state index in [1.165, 1.54) is 9.12 Å². The first-order valence-electron chi connectivity index (χ1n) is 7.04. The fourth-order valence-electron chi connectivity index (χ4n) is 2.74. The number of hydrogen-bond donors (Lipinski definition) is 0. The van der Waals surface area contributed by atoms with Crippen molar-refractivity contribution in [3.8, 4) is 17.0 Å². The largest absolute Gasteiger partial charge is 0.497 e. The number of aldehydes is 1. The Kier molecular flexibility index (Phi) is 3.93. The van der Waals surface area contributed by atoms with Gasteiger partial charge in [0.25, 0.3) is 0 Å². The van der Waals surface area contributed by atoms with Gasteiger partial charge in [-0.25, -0.2) is 9.97 Å². The molecule has 1 aromatic carbocycles. The van der Waals surface area contributed by atoms with E-state index in [4.69, 9.17) is 4.74 Å². The molecule has 0 spiro atoms. The van der Waals surface area contributed by atoms with Crippen LogP contribution < -0.4 is 4.74 Å². The molecule has 0 aliphatic carbocycles. The van der Waals surface area contributed by atoms with Crippen molar-refractivity contribution >= 4 is 53.3 Å². The van der Waals surface area contributed by atoms with Gasteiger partial charge in [-0.05, 0) is 30.3 Å². The number of fused-ring (bicyclic) bond motifs is 3. The van der Waals surface area contributed by atoms with Gasteiger partial charge in [0, 0.05) is 42.1 Å². The molecule has 4 aromatic rings. The second kappa shape index (κ2) is 6.10. The zero-order chi connectivity index (χ0) is 16.7. The van der Waals surface area contributed by atoms with Gasteiger partial charge in [0.15, 0.2) is 17.8 Å². The lowest BCUT2D eigenvalue weighted by Crippen LogP contribution is -1.95. The molecule has 4 rings (SSSR count). The monoisotopic (exact) mass is 450 g/mol. The summed E-state index contributed by atoms with van der Waals surface area (Å²) in [5, 5.41) is 0. The maximum Gasteiger partial charge on any atom is 0.185 e. The van der Waals surface area contributed by atoms with Crippen molar-refractivity contribution in [2.45, 2.75) is 0 Å². The summed E-state index contributed by atoms with van der Waals surface area (Å²) in [6.07, 6.45) is 4.45. The Hall–Kier alpha value is -2.07. The molecular formula is C16H11IN4O2S. The molecule has 0 unspecified atom stereocenters. The number of rotatable bonds is 4. The van der Waals surface area contributed by atoms with Crippen molar-refractivity contribution in [1.82, 2.24) is 18.3 Å². The fraction of sp³-hybridized carbons (Fsp3) is 0.0625. The number of carbonyl (C=O) groups excluding carboxylic acids is 1. The molecule has 0 atom stereocenters. The molecule has 0 bridgehead atoms. The van der Waals surface area contributed by atoms with Crippen molar-refractivity contribution in [3.05, 3.63) is 48.5 Å². The van der Waals surface area contributed by atoms with Crippen LogP contribution in [-0.2, 0) is 0 Å². The Morgan fingerprint density at radius 3 is 2.67 bits per heavy atom. The second-order valence-corrected chi connectivity index (χ2v) is 6.78. The Labute approximate surface area is 153 Å². The molecule has 0 aliphatic heterocycles. The van der Waals surface area contributed by atoms with Crippen molar-refractivity contribution < 1.29 is 9.53 Å². The van der Waals surface area contributed by atoms with Gasteiger partial charge < -0.3 is 4.74 Å². The lowest BCUT2D eigenvalue weighted by Gasteiger charge is -2.03. The molecule has 0 amide bonds. The minimum Gasteiger partial charge on any atom is -0.497 e. The molecule has 3 aromatic heterocycles. The lowest BCUT2D eigenvalue weighted by atomic mass is 10.1. The van der Waals surface area contributed by atoms with Crippen molar-refractivity contribution in [1.29, 1.82) is 0 Å². The van der Waals surface area contributed by atoms with Crippen molar-refractivity contribution in [2.24, 2.45) is 0 Å². The van der Waals surface area contributed by atoms with Gasteiger partial charge in [-0.3, -0.25) is 13.2 Å². The number of carbonyl (C=O) groups is 1. The van der Waals surface area contributed by atoms with Gasteiger partial charge in [0.1, 0.15) is 5.75 Å². The van der Waals surface area contributed by atoms with E-state index in [9.17, 15) is 4.79 Å². The van der Waals surface area contributed by atoms with E-state index in [1.54, 1.807) is 13.3 Å². The van der Waals surface area contributed by atoms with E-state index >= 15 is 0 Å². The highest BCUT2D eigenvalue weighted by Gasteiger charge is 2.17. The summed E-state index contributed by atoms with van der Waals surface area (Å²) in [6.45, 7) is 0. The quantitative estimate of drug-likeness (QED) is 0.347. The second-order valence-electron chi connectivity index (χ2n) is 5.06. The van der Waals surface area contributed by atoms with Crippen LogP contribution in [0.4, 0.5) is 0 Å². The first-order chi connectivity index (χ1) is 11.8. The number of imidazole rings is 1. The van der Waals surface area contributed by atoms with E-state index < -0.39 is 0 Å². The Balaban J connectivity index is 2.01. The molecule has 0 radical (unpaired) electrons. The van der Waals surface area contributed by atoms with E-state index in [0.717, 1.165) is 40.0 Å². The molecule has 0 aliphatic rings. The summed E-state index contributed by atoms with van der Waals surface area (Å²) in [7, 11) is 3.15. The third-order valence-corrected chi connectivity index (χ3v) is 5.55. The van der Waals surface area contributed by atoms with Gasteiger partial charge in [0.05, 0.1) is 30.0 Å². The van der Waals surface area contributed by atoms with E-state index in [0.29, 0.717) is 5.82 Å². The SMILES string of the molecule is COc1ccc(-c2nc(C=O)n3c2cnc2c3ccn2SI)cc1. The number of methoxy groups -OCH3 is 1. The van der Waals surface area contributed by atoms with Crippen LogP contribution in [0, 0.1) is 0 Å². The normalized spacial score (nSPS) is 11.2. The number of aromatic nitrogens is 4. The highest BCUT2D eigenvalue weighted by molar-refractivity contribution is 14.2. The lowest BCUT2D eigenvalue weighted by molar-refractivity contribution is 0.111. The zero-order valence-electron chi connectivity index (χ0n) is 12.5. The highest BCUT2D eigenvalue weighted by atomic mass is 127. The van der Waals surface area contributed by atoms with Crippen LogP contribution in [0.25, 0.3) is 27.9 Å². The van der Waals surface area contributed by atoms with Crippen LogP contribution in [0.2, 0.25) is 0 Å². The molecule has 0 saturated carbocycles. The first-order valence-corrected chi connectivity index (χ1v) is 10.4. The maximum atomic E-state index is 11.5. The van der Waals surface area contributed by atoms with Crippen LogP contribution in [0.15, 0.2) is 42.7 Å². The average molecular weight is 450 g/mol. The topological polar surface area (TPSA) is 61.4 Å². The molecular weight excluding hydrogens is 439 g/mol. The number of ether oxygens (including phenoxy) is 1. The van der Waals surface area contributed by atoms with Crippen LogP contribution in [0.3, 0.4) is 0 Å². The minimum atomic E-state index is 0.361. The number of benzene rings is 1. The molecule has 3 heterocycles. The molecule has 0 N–H and O–H groups in total. The van der Waals surface area contributed by atoms with Gasteiger partial charge >= 0.3 is 0 Å². The third kappa shape index (κ3) is 2.28. The Morgan fingerprint density at radius 2 is 2.00 bits per heavy atom. The average Bonchev–Trinajstić information content (AvgIpc) is 3.22. The van der Waals surface area contributed by atoms with Gasteiger partial charge in [-0.1, -0.05) is 0 Å². The van der Waals surface area contributed by atoms with Gasteiger partial charge in [0.2, 0.25) is 0 Å². The summed E-state index contributed by atoms with van der Waals surface area (Å²) in [5.74, 6) is 1.13. The fourth-order valence-corrected chi connectivity index (χ4v) is 4.00. The van der Waals surface area contributed by atoms with E-state index in [2.05, 4.69) is 31.2 Å². The third-order valence-electron chi connectivity index (χ3n) is 3.84. The number of nitrogens with zero attached hydrogens (tertiary/aromatic N) is 4.